The van der Waals surface area contributed by atoms with Crippen LogP contribution in [0.25, 0.3) is 0 Å². The van der Waals surface area contributed by atoms with Crippen molar-refractivity contribution < 1.29 is 18.1 Å². The van der Waals surface area contributed by atoms with Crippen LogP contribution < -0.4 is 0 Å². The largest absolute Gasteiger partial charge is 0.517 e. The monoisotopic (exact) mass is 447 g/mol. The second kappa shape index (κ2) is 13.3. The molecule has 0 aliphatic rings. The number of hydrogen-bond acceptors (Lipinski definition) is 5. The summed E-state index contributed by atoms with van der Waals surface area (Å²) in [7, 11) is -2.32. The Hall–Kier alpha value is -0.216. The third-order valence-electron chi connectivity index (χ3n) is 6.04. The molecule has 0 N–H and O–H groups in total. The Kier molecular flexibility index (Phi) is 13.2. The fraction of sp³-hybridized carbons (Fsp3) is 0.955. The summed E-state index contributed by atoms with van der Waals surface area (Å²) in [5.74, 6) is -0.0732. The molecule has 2 atom stereocenters. The number of nitrogens with zero attached hydrogens (tertiary/aromatic N) is 1. The smallest absolute Gasteiger partial charge is 0.335 e. The molecule has 0 fully saturated rings. The first-order chi connectivity index (χ1) is 13.3. The summed E-state index contributed by atoms with van der Waals surface area (Å²) in [6.45, 7) is 23.6. The van der Waals surface area contributed by atoms with Crippen molar-refractivity contribution >= 4 is 22.8 Å². The molecule has 0 spiro atoms. The zero-order chi connectivity index (χ0) is 22.8. The number of carbonyl (C=O) groups is 1. The Morgan fingerprint density at radius 2 is 1.48 bits per heavy atom. The predicted octanol–water partition coefficient (Wildman–Crippen LogP) is 5.95. The summed E-state index contributed by atoms with van der Waals surface area (Å²) in [5, 5.41) is 0. The number of hydrogen-bond donors (Lipinski definition) is 0. The Bertz CT molecular complexity index is 452. The second-order valence-corrected chi connectivity index (χ2v) is 18.2. The zero-order valence-electron chi connectivity index (χ0n) is 21.1. The Morgan fingerprint density at radius 1 is 0.966 bits per heavy atom. The van der Waals surface area contributed by atoms with Crippen molar-refractivity contribution in [2.24, 2.45) is 0 Å². The van der Waals surface area contributed by atoms with Crippen molar-refractivity contribution in [1.82, 2.24) is 4.90 Å². The van der Waals surface area contributed by atoms with Gasteiger partial charge in [0.05, 0.1) is 6.54 Å². The van der Waals surface area contributed by atoms with Gasteiger partial charge in [0.2, 0.25) is 0 Å². The highest BCUT2D eigenvalue weighted by atomic mass is 28.4. The van der Waals surface area contributed by atoms with Gasteiger partial charge in [0, 0.05) is 12.7 Å². The van der Waals surface area contributed by atoms with E-state index in [2.05, 4.69) is 66.8 Å². The summed E-state index contributed by atoms with van der Waals surface area (Å²) < 4.78 is 18.5. The van der Waals surface area contributed by atoms with Crippen molar-refractivity contribution in [2.75, 3.05) is 26.7 Å². The van der Waals surface area contributed by atoms with Gasteiger partial charge in [0.15, 0.2) is 0 Å². The quantitative estimate of drug-likeness (QED) is 0.290. The van der Waals surface area contributed by atoms with Gasteiger partial charge in [0.1, 0.15) is 0 Å². The van der Waals surface area contributed by atoms with Crippen LogP contribution in [0.5, 0.6) is 0 Å². The molecule has 0 aromatic carbocycles. The van der Waals surface area contributed by atoms with Crippen LogP contribution in [-0.4, -0.2) is 60.6 Å². The van der Waals surface area contributed by atoms with E-state index < -0.39 is 16.9 Å². The van der Waals surface area contributed by atoms with E-state index in [1.807, 2.05) is 14.0 Å². The fourth-order valence-electron chi connectivity index (χ4n) is 4.53. The number of likely N-dealkylation sites (N-methyl/N-ethyl adjacent to an activating group) is 1. The maximum Gasteiger partial charge on any atom is 0.335 e. The van der Waals surface area contributed by atoms with Gasteiger partial charge < -0.3 is 13.3 Å². The first-order valence-electron chi connectivity index (χ1n) is 11.6. The van der Waals surface area contributed by atoms with E-state index >= 15 is 0 Å². The molecule has 5 nitrogen and oxygen atoms in total. The van der Waals surface area contributed by atoms with Crippen LogP contribution in [0.3, 0.4) is 0 Å². The lowest BCUT2D eigenvalue weighted by Crippen LogP contribution is -2.50. The highest BCUT2D eigenvalue weighted by Crippen LogP contribution is 2.42. The van der Waals surface area contributed by atoms with E-state index in [0.717, 1.165) is 25.4 Å². The minimum absolute atomic E-state index is 0.0732. The van der Waals surface area contributed by atoms with Crippen molar-refractivity contribution in [3.8, 4) is 0 Å². The Balaban J connectivity index is 4.76. The summed E-state index contributed by atoms with van der Waals surface area (Å²) >= 11 is 0. The van der Waals surface area contributed by atoms with Gasteiger partial charge in [-0.25, -0.2) is 0 Å². The minimum Gasteiger partial charge on any atom is -0.517 e. The van der Waals surface area contributed by atoms with E-state index in [0.29, 0.717) is 29.8 Å². The maximum atomic E-state index is 12.8. The molecule has 7 heteroatoms. The molecule has 0 rings (SSSR count). The lowest BCUT2D eigenvalue weighted by molar-refractivity contribution is -0.136. The van der Waals surface area contributed by atoms with Gasteiger partial charge in [-0.05, 0) is 69.5 Å². The Labute approximate surface area is 183 Å². The van der Waals surface area contributed by atoms with Crippen LogP contribution in [0.4, 0.5) is 0 Å². The molecule has 0 aromatic rings. The van der Waals surface area contributed by atoms with Crippen LogP contribution in [0.1, 0.15) is 75.2 Å². The summed E-state index contributed by atoms with van der Waals surface area (Å²) in [5.41, 5.74) is 1.23. The molecular formula is C22H49NO4Si2. The molecule has 0 saturated heterocycles. The predicted molar refractivity (Wildman–Crippen MR) is 128 cm³/mol. The third-order valence-corrected chi connectivity index (χ3v) is 15.1. The van der Waals surface area contributed by atoms with Crippen LogP contribution in [0, 0.1) is 0 Å². The van der Waals surface area contributed by atoms with Gasteiger partial charge >= 0.3 is 14.5 Å². The summed E-state index contributed by atoms with van der Waals surface area (Å²) in [6, 6.07) is 0.938. The number of rotatable bonds is 15. The van der Waals surface area contributed by atoms with Gasteiger partial charge in [-0.3, -0.25) is 9.69 Å². The van der Waals surface area contributed by atoms with E-state index in [1.54, 1.807) is 0 Å². The van der Waals surface area contributed by atoms with Crippen molar-refractivity contribution in [3.63, 3.8) is 0 Å². The van der Waals surface area contributed by atoms with Crippen molar-refractivity contribution in [3.05, 3.63) is 0 Å². The lowest BCUT2D eigenvalue weighted by atomic mass is 10.3. The topological polar surface area (TPSA) is 48.0 Å². The molecule has 0 saturated carbocycles. The van der Waals surface area contributed by atoms with E-state index in [1.165, 1.54) is 0 Å². The standard InChI is InChI=1S/C22H49NO4Si2/c1-12-21(9)26-28(11,25-13-2)16-14-15-23(10)17-22(24)27-29(18(3)4,19(5)6)20(7)8/h18-21H,12-17H2,1-11H3. The molecule has 2 unspecified atom stereocenters. The Morgan fingerprint density at radius 3 is 1.90 bits per heavy atom. The summed E-state index contributed by atoms with van der Waals surface area (Å²) in [6.07, 6.45) is 2.19. The number of carbonyl (C=O) groups excluding carboxylic acids is 1. The van der Waals surface area contributed by atoms with Crippen LogP contribution in [-0.2, 0) is 18.1 Å². The van der Waals surface area contributed by atoms with E-state index in [4.69, 9.17) is 13.3 Å². The molecule has 0 aromatic heterocycles. The molecule has 0 aliphatic heterocycles. The van der Waals surface area contributed by atoms with E-state index in [-0.39, 0.29) is 12.1 Å². The fourth-order valence-corrected chi connectivity index (χ4v) is 12.5. The average molecular weight is 448 g/mol. The molecule has 0 radical (unpaired) electrons. The van der Waals surface area contributed by atoms with Gasteiger partial charge in [-0.15, -0.1) is 0 Å². The highest BCUT2D eigenvalue weighted by molar-refractivity contribution is 6.78. The molecule has 0 amide bonds. The molecule has 174 valence electrons. The van der Waals surface area contributed by atoms with E-state index in [9.17, 15) is 4.79 Å². The molecule has 0 heterocycles. The third kappa shape index (κ3) is 9.21. The maximum absolute atomic E-state index is 12.8. The molecular weight excluding hydrogens is 398 g/mol. The molecule has 29 heavy (non-hydrogen) atoms. The zero-order valence-corrected chi connectivity index (χ0v) is 23.1. The van der Waals surface area contributed by atoms with Crippen molar-refractivity contribution in [2.45, 2.75) is 110 Å². The average Bonchev–Trinajstić information content (AvgIpc) is 2.58. The summed E-state index contributed by atoms with van der Waals surface area (Å²) in [4.78, 5) is 14.8. The van der Waals surface area contributed by atoms with Gasteiger partial charge in [0.25, 0.3) is 8.32 Å². The highest BCUT2D eigenvalue weighted by Gasteiger charge is 2.48. The minimum atomic E-state index is -2.16. The van der Waals surface area contributed by atoms with Gasteiger partial charge in [-0.2, -0.15) is 0 Å². The lowest BCUT2D eigenvalue weighted by Gasteiger charge is -2.41. The van der Waals surface area contributed by atoms with Crippen molar-refractivity contribution in [1.29, 1.82) is 0 Å². The molecule has 0 bridgehead atoms. The van der Waals surface area contributed by atoms with Crippen LogP contribution in [0.2, 0.25) is 29.2 Å². The van der Waals surface area contributed by atoms with Crippen LogP contribution in [0.15, 0.2) is 0 Å². The second-order valence-electron chi connectivity index (χ2n) is 9.54. The van der Waals surface area contributed by atoms with Crippen LogP contribution >= 0.6 is 0 Å². The first-order valence-corrected chi connectivity index (χ1v) is 16.2. The first kappa shape index (κ1) is 28.8. The molecule has 0 aliphatic carbocycles. The normalized spacial score (nSPS) is 16.0. The van der Waals surface area contributed by atoms with Gasteiger partial charge in [-0.1, -0.05) is 48.5 Å². The SMILES string of the molecule is CCO[Si](C)(CCCN(C)CC(=O)O[Si](C(C)C)(C(C)C)C(C)C)OC(C)CC.